The highest BCUT2D eigenvalue weighted by Gasteiger charge is 2.19. The summed E-state index contributed by atoms with van der Waals surface area (Å²) in [6.07, 6.45) is 82.4. The van der Waals surface area contributed by atoms with Crippen LogP contribution < -0.4 is 0 Å². The largest absolute Gasteiger partial charge is 0.462 e. The average molecular weight is 998 g/mol. The molecule has 0 bridgehead atoms. The quantitative estimate of drug-likeness (QED) is 0.0261. The number of rotatable bonds is 52. The minimum absolute atomic E-state index is 0.112. The minimum Gasteiger partial charge on any atom is -0.462 e. The van der Waals surface area contributed by atoms with Crippen molar-refractivity contribution >= 4 is 17.9 Å². The molecule has 0 radical (unpaired) electrons. The predicted molar refractivity (Wildman–Crippen MR) is 311 cm³/mol. The summed E-state index contributed by atoms with van der Waals surface area (Å²) in [5.41, 5.74) is 0. The van der Waals surface area contributed by atoms with Crippen molar-refractivity contribution in [2.24, 2.45) is 0 Å². The van der Waals surface area contributed by atoms with Crippen LogP contribution in [0.2, 0.25) is 0 Å². The lowest BCUT2D eigenvalue weighted by Crippen LogP contribution is -2.30. The molecule has 0 amide bonds. The van der Waals surface area contributed by atoms with Crippen molar-refractivity contribution in [3.63, 3.8) is 0 Å². The molecule has 6 nitrogen and oxygen atoms in total. The molecule has 0 heterocycles. The predicted octanol–water partition coefficient (Wildman–Crippen LogP) is 20.0. The fourth-order valence-electron chi connectivity index (χ4n) is 7.91. The summed E-state index contributed by atoms with van der Waals surface area (Å²) in [6.45, 7) is 6.29. The molecule has 0 rings (SSSR count). The van der Waals surface area contributed by atoms with Gasteiger partial charge in [0.15, 0.2) is 6.10 Å². The van der Waals surface area contributed by atoms with Gasteiger partial charge in [0.2, 0.25) is 0 Å². The molecule has 0 aromatic carbocycles. The summed E-state index contributed by atoms with van der Waals surface area (Å²) >= 11 is 0. The van der Waals surface area contributed by atoms with Gasteiger partial charge >= 0.3 is 17.9 Å². The van der Waals surface area contributed by atoms with Gasteiger partial charge in [-0.05, 0) is 83.5 Å². The number of hydrogen-bond donors (Lipinski definition) is 0. The van der Waals surface area contributed by atoms with Gasteiger partial charge in [0.05, 0.1) is 6.42 Å². The second-order valence-corrected chi connectivity index (χ2v) is 19.2. The Balaban J connectivity index is 4.50. The van der Waals surface area contributed by atoms with Gasteiger partial charge in [0.25, 0.3) is 0 Å². The highest BCUT2D eigenvalue weighted by atomic mass is 16.6. The molecule has 1 unspecified atom stereocenters. The summed E-state index contributed by atoms with van der Waals surface area (Å²) in [5.74, 6) is -1.12. The summed E-state index contributed by atoms with van der Waals surface area (Å²) < 4.78 is 16.7. The van der Waals surface area contributed by atoms with Crippen LogP contribution in [0.1, 0.15) is 258 Å². The molecule has 0 saturated carbocycles. The van der Waals surface area contributed by atoms with E-state index >= 15 is 0 Å². The molecule has 0 saturated heterocycles. The number of unbranched alkanes of at least 4 members (excludes halogenated alkanes) is 22. The van der Waals surface area contributed by atoms with Gasteiger partial charge in [-0.2, -0.15) is 0 Å². The Morgan fingerprint density at radius 1 is 0.306 bits per heavy atom. The zero-order chi connectivity index (χ0) is 52.2. The van der Waals surface area contributed by atoms with Crippen LogP contribution in [-0.4, -0.2) is 37.2 Å². The normalized spacial score (nSPS) is 13.0. The summed E-state index contributed by atoms with van der Waals surface area (Å²) in [7, 11) is 0. The molecular weight excluding hydrogens is 889 g/mol. The third-order valence-electron chi connectivity index (χ3n) is 12.2. The molecule has 408 valence electrons. The average Bonchev–Trinajstić information content (AvgIpc) is 3.38. The lowest BCUT2D eigenvalue weighted by Gasteiger charge is -2.18. The van der Waals surface area contributed by atoms with E-state index in [0.717, 1.165) is 89.9 Å². The Bertz CT molecular complexity index is 1520. The van der Waals surface area contributed by atoms with Crippen molar-refractivity contribution in [2.75, 3.05) is 13.2 Å². The first-order valence-corrected chi connectivity index (χ1v) is 29.5. The standard InChI is InChI=1S/C66H108O6/c1-4-7-10-13-16-19-22-25-28-30-31-32-33-34-36-38-41-44-47-50-53-56-59-65(68)71-62-63(61-70-64(67)58-55-52-49-46-43-40-37-27-24-21-18-15-12-9-6-3)72-66(69)60-57-54-51-48-45-42-39-35-29-26-23-20-17-14-11-8-5-2/h8-9,11-12,17-18,20-21,26-27,29,37,39,42-43,46,48,51-52,55,63H,4-7,10,13-16,19,22-25,28,30-36,38,40-41,44-45,47,49-50,53-54,56-62H2,1-3H3/b11-8-,12-9-,20-17-,21-18-,29-26-,37-27-,42-39-,46-43-,51-48-,55-52-. The summed E-state index contributed by atoms with van der Waals surface area (Å²) in [5, 5.41) is 0. The molecular formula is C66H108O6. The Labute approximate surface area is 443 Å². The number of hydrogen-bond acceptors (Lipinski definition) is 6. The van der Waals surface area contributed by atoms with Crippen LogP contribution in [0.5, 0.6) is 0 Å². The number of carbonyl (C=O) groups excluding carboxylic acids is 3. The van der Waals surface area contributed by atoms with E-state index in [2.05, 4.69) is 130 Å². The monoisotopic (exact) mass is 997 g/mol. The van der Waals surface area contributed by atoms with E-state index in [4.69, 9.17) is 14.2 Å². The Hall–Kier alpha value is -4.19. The number of ether oxygens (including phenoxy) is 3. The Morgan fingerprint density at radius 3 is 0.958 bits per heavy atom. The molecule has 0 spiro atoms. The van der Waals surface area contributed by atoms with Gasteiger partial charge < -0.3 is 14.2 Å². The smallest absolute Gasteiger partial charge is 0.309 e. The highest BCUT2D eigenvalue weighted by molar-refractivity contribution is 5.72. The number of allylic oxidation sites excluding steroid dienone is 19. The first-order valence-electron chi connectivity index (χ1n) is 29.5. The molecule has 72 heavy (non-hydrogen) atoms. The van der Waals surface area contributed by atoms with Crippen molar-refractivity contribution in [2.45, 2.75) is 264 Å². The molecule has 0 aromatic rings. The van der Waals surface area contributed by atoms with Crippen molar-refractivity contribution in [3.8, 4) is 0 Å². The maximum Gasteiger partial charge on any atom is 0.309 e. The second kappa shape index (κ2) is 59.4. The van der Waals surface area contributed by atoms with Gasteiger partial charge in [-0.15, -0.1) is 0 Å². The van der Waals surface area contributed by atoms with Crippen LogP contribution >= 0.6 is 0 Å². The van der Waals surface area contributed by atoms with Gasteiger partial charge in [0.1, 0.15) is 13.2 Å². The fourth-order valence-corrected chi connectivity index (χ4v) is 7.91. The zero-order valence-electron chi connectivity index (χ0n) is 46.7. The molecule has 1 atom stereocenters. The van der Waals surface area contributed by atoms with E-state index in [1.807, 2.05) is 6.08 Å². The third-order valence-corrected chi connectivity index (χ3v) is 12.2. The minimum atomic E-state index is -0.850. The Kier molecular flexibility index (Phi) is 55.9. The van der Waals surface area contributed by atoms with Crippen LogP contribution in [0, 0.1) is 0 Å². The fraction of sp³-hybridized carbons (Fsp3) is 0.652. The highest BCUT2D eigenvalue weighted by Crippen LogP contribution is 2.16. The maximum absolute atomic E-state index is 12.8. The summed E-state index contributed by atoms with van der Waals surface area (Å²) in [4.78, 5) is 38.1. The maximum atomic E-state index is 12.8. The van der Waals surface area contributed by atoms with Crippen LogP contribution in [0.25, 0.3) is 0 Å². The molecule has 0 N–H and O–H groups in total. The first-order chi connectivity index (χ1) is 35.5. The van der Waals surface area contributed by atoms with E-state index in [1.54, 1.807) is 6.08 Å². The van der Waals surface area contributed by atoms with E-state index < -0.39 is 18.0 Å². The zero-order valence-corrected chi connectivity index (χ0v) is 46.7. The molecule has 0 fully saturated rings. The molecule has 0 aliphatic rings. The molecule has 6 heteroatoms. The van der Waals surface area contributed by atoms with Crippen molar-refractivity contribution < 1.29 is 28.6 Å². The lowest BCUT2D eigenvalue weighted by molar-refractivity contribution is -0.166. The van der Waals surface area contributed by atoms with Crippen molar-refractivity contribution in [3.05, 3.63) is 122 Å². The van der Waals surface area contributed by atoms with E-state index in [0.29, 0.717) is 12.8 Å². The number of carbonyl (C=O) groups is 3. The molecule has 0 aliphatic carbocycles. The second-order valence-electron chi connectivity index (χ2n) is 19.2. The van der Waals surface area contributed by atoms with Gasteiger partial charge in [-0.25, -0.2) is 0 Å². The van der Waals surface area contributed by atoms with E-state index in [9.17, 15) is 14.4 Å². The lowest BCUT2D eigenvalue weighted by atomic mass is 10.0. The van der Waals surface area contributed by atoms with Crippen LogP contribution in [0.15, 0.2) is 122 Å². The topological polar surface area (TPSA) is 78.9 Å². The van der Waals surface area contributed by atoms with Crippen LogP contribution in [0.4, 0.5) is 0 Å². The van der Waals surface area contributed by atoms with Gasteiger partial charge in [-0.3, -0.25) is 14.4 Å². The van der Waals surface area contributed by atoms with Crippen LogP contribution in [0.3, 0.4) is 0 Å². The third kappa shape index (κ3) is 56.7. The van der Waals surface area contributed by atoms with E-state index in [1.165, 1.54) is 122 Å². The molecule has 0 aromatic heterocycles. The first kappa shape index (κ1) is 67.8. The van der Waals surface area contributed by atoms with Crippen LogP contribution in [-0.2, 0) is 28.6 Å². The molecule has 0 aliphatic heterocycles. The van der Waals surface area contributed by atoms with Crippen molar-refractivity contribution in [1.29, 1.82) is 0 Å². The SMILES string of the molecule is CC/C=C\C/C=C\C/C=C\C/C=C\C/C=C\CCCC(=O)OC(COC(=O)C/C=C\C/C=C\C/C=C\C/C=C\C/C=C\CC)COC(=O)CCCCCCCCCCCCCCCCCCCCCCCC. The van der Waals surface area contributed by atoms with Gasteiger partial charge in [-0.1, -0.05) is 277 Å². The Morgan fingerprint density at radius 2 is 0.597 bits per heavy atom. The van der Waals surface area contributed by atoms with Gasteiger partial charge in [0, 0.05) is 12.8 Å². The number of esters is 3. The summed E-state index contributed by atoms with van der Waals surface area (Å²) in [6, 6.07) is 0. The van der Waals surface area contributed by atoms with E-state index in [-0.39, 0.29) is 32.0 Å². The van der Waals surface area contributed by atoms with Crippen molar-refractivity contribution in [1.82, 2.24) is 0 Å².